The minimum atomic E-state index is -0.567. The fourth-order valence-electron chi connectivity index (χ4n) is 3.31. The van der Waals surface area contributed by atoms with Crippen molar-refractivity contribution in [3.8, 4) is 0 Å². The maximum atomic E-state index is 12.6. The molecule has 1 heterocycles. The van der Waals surface area contributed by atoms with E-state index in [1.807, 2.05) is 31.3 Å². The van der Waals surface area contributed by atoms with Crippen molar-refractivity contribution in [3.63, 3.8) is 0 Å². The second-order valence-electron chi connectivity index (χ2n) is 6.30. The summed E-state index contributed by atoms with van der Waals surface area (Å²) in [5.41, 5.74) is 3.65. The van der Waals surface area contributed by atoms with Gasteiger partial charge < -0.3 is 10.4 Å². The third kappa shape index (κ3) is 2.22. The molecule has 0 radical (unpaired) electrons. The van der Waals surface area contributed by atoms with Crippen molar-refractivity contribution >= 4 is 5.91 Å². The van der Waals surface area contributed by atoms with Crippen molar-refractivity contribution in [2.75, 3.05) is 0 Å². The number of carbonyl (C=O) groups excluding carboxylic acids is 1. The zero-order chi connectivity index (χ0) is 15.3. The number of nitrogens with zero attached hydrogens (tertiary/aromatic N) is 2. The van der Waals surface area contributed by atoms with Gasteiger partial charge >= 0.3 is 0 Å². The number of aliphatic hydroxyl groups is 1. The third-order valence-electron chi connectivity index (χ3n) is 4.56. The van der Waals surface area contributed by atoms with Crippen LogP contribution in [0, 0.1) is 0 Å². The first-order valence-corrected chi connectivity index (χ1v) is 7.74. The number of hydrogen-bond acceptors (Lipinski definition) is 3. The van der Waals surface area contributed by atoms with Gasteiger partial charge in [0.25, 0.3) is 5.91 Å². The topological polar surface area (TPSA) is 67.2 Å². The maximum absolute atomic E-state index is 12.6. The fraction of sp³-hybridized carbons (Fsp3) is 0.412. The monoisotopic (exact) mass is 297 g/mol. The molecule has 0 unspecified atom stereocenters. The molecule has 0 bridgehead atoms. The molecule has 2 N–H and O–H groups in total. The molecule has 2 aliphatic rings. The van der Waals surface area contributed by atoms with Crippen LogP contribution in [-0.4, -0.2) is 26.9 Å². The SMILES string of the molecule is Cn1cc(C(=O)N[C@H]2c3ccccc3C[C@H]2O)c(C2CC2)n1. The Morgan fingerprint density at radius 1 is 1.36 bits per heavy atom. The zero-order valence-corrected chi connectivity index (χ0v) is 12.5. The maximum Gasteiger partial charge on any atom is 0.255 e. The van der Waals surface area contributed by atoms with Gasteiger partial charge in [-0.3, -0.25) is 9.48 Å². The first-order valence-electron chi connectivity index (χ1n) is 7.74. The van der Waals surface area contributed by atoms with Gasteiger partial charge in [0.05, 0.1) is 23.4 Å². The van der Waals surface area contributed by atoms with Gasteiger partial charge in [-0.05, 0) is 24.0 Å². The summed E-state index contributed by atoms with van der Waals surface area (Å²) in [7, 11) is 1.84. The van der Waals surface area contributed by atoms with Crippen LogP contribution in [0.15, 0.2) is 30.5 Å². The molecule has 1 saturated carbocycles. The number of hydrogen-bond donors (Lipinski definition) is 2. The van der Waals surface area contributed by atoms with Crippen LogP contribution >= 0.6 is 0 Å². The van der Waals surface area contributed by atoms with Crippen molar-refractivity contribution < 1.29 is 9.90 Å². The van der Waals surface area contributed by atoms with E-state index < -0.39 is 6.10 Å². The summed E-state index contributed by atoms with van der Waals surface area (Å²) >= 11 is 0. The predicted molar refractivity (Wildman–Crippen MR) is 81.5 cm³/mol. The standard InChI is InChI=1S/C17H19N3O2/c1-20-9-13(15(19-20)10-6-7-10)17(22)18-16-12-5-3-2-4-11(12)8-14(16)21/h2-5,9-10,14,16,21H,6-8H2,1H3,(H,18,22)/t14-,16+/m1/s1. The molecule has 1 aromatic heterocycles. The molecule has 5 heteroatoms. The van der Waals surface area contributed by atoms with Crippen molar-refractivity contribution in [2.24, 2.45) is 7.05 Å². The van der Waals surface area contributed by atoms with Crippen molar-refractivity contribution in [1.29, 1.82) is 0 Å². The Balaban J connectivity index is 1.60. The number of amides is 1. The van der Waals surface area contributed by atoms with Crippen LogP contribution in [0.3, 0.4) is 0 Å². The Bertz CT molecular complexity index is 733. The van der Waals surface area contributed by atoms with Crippen molar-refractivity contribution in [3.05, 3.63) is 52.8 Å². The molecule has 114 valence electrons. The van der Waals surface area contributed by atoms with Crippen LogP contribution in [0.5, 0.6) is 0 Å². The van der Waals surface area contributed by atoms with E-state index in [0.717, 1.165) is 29.7 Å². The minimum absolute atomic E-state index is 0.143. The van der Waals surface area contributed by atoms with Gasteiger partial charge in [0, 0.05) is 25.6 Å². The number of fused-ring (bicyclic) bond motifs is 1. The summed E-state index contributed by atoms with van der Waals surface area (Å²) in [6.45, 7) is 0. The largest absolute Gasteiger partial charge is 0.390 e. The van der Waals surface area contributed by atoms with E-state index in [9.17, 15) is 9.90 Å². The van der Waals surface area contributed by atoms with Crippen LogP contribution in [0.1, 0.15) is 52.0 Å². The second-order valence-corrected chi connectivity index (χ2v) is 6.30. The Labute approximate surface area is 129 Å². The first-order chi connectivity index (χ1) is 10.6. The van der Waals surface area contributed by atoms with E-state index >= 15 is 0 Å². The van der Waals surface area contributed by atoms with E-state index in [1.165, 1.54) is 0 Å². The summed E-state index contributed by atoms with van der Waals surface area (Å²) in [4.78, 5) is 12.6. The summed E-state index contributed by atoms with van der Waals surface area (Å²) in [5, 5.41) is 17.7. The normalized spacial score (nSPS) is 23.4. The lowest BCUT2D eigenvalue weighted by Gasteiger charge is -2.17. The second kappa shape index (κ2) is 4.95. The molecule has 1 amide bonds. The first kappa shape index (κ1) is 13.5. The number of carbonyl (C=O) groups is 1. The van der Waals surface area contributed by atoms with E-state index in [-0.39, 0.29) is 11.9 Å². The highest BCUT2D eigenvalue weighted by Crippen LogP contribution is 2.41. The van der Waals surface area contributed by atoms with Crippen LogP contribution in [0.2, 0.25) is 0 Å². The molecular weight excluding hydrogens is 278 g/mol. The average molecular weight is 297 g/mol. The molecule has 5 nitrogen and oxygen atoms in total. The lowest BCUT2D eigenvalue weighted by Crippen LogP contribution is -2.34. The Hall–Kier alpha value is -2.14. The molecule has 1 aromatic carbocycles. The molecule has 22 heavy (non-hydrogen) atoms. The molecule has 2 aromatic rings. The number of aliphatic hydroxyl groups excluding tert-OH is 1. The predicted octanol–water partition coefficient (Wildman–Crippen LogP) is 1.69. The van der Waals surface area contributed by atoms with Crippen molar-refractivity contribution in [1.82, 2.24) is 15.1 Å². The van der Waals surface area contributed by atoms with E-state index in [1.54, 1.807) is 10.9 Å². The number of rotatable bonds is 3. The summed E-state index contributed by atoms with van der Waals surface area (Å²) in [5.74, 6) is 0.276. The Morgan fingerprint density at radius 2 is 2.14 bits per heavy atom. The van der Waals surface area contributed by atoms with Gasteiger partial charge in [0.15, 0.2) is 0 Å². The Morgan fingerprint density at radius 3 is 2.91 bits per heavy atom. The van der Waals surface area contributed by atoms with Crippen molar-refractivity contribution in [2.45, 2.75) is 37.3 Å². The van der Waals surface area contributed by atoms with Gasteiger partial charge in [0.1, 0.15) is 0 Å². The Kier molecular flexibility index (Phi) is 3.04. The quantitative estimate of drug-likeness (QED) is 0.906. The van der Waals surface area contributed by atoms with Gasteiger partial charge in [0.2, 0.25) is 0 Å². The highest BCUT2D eigenvalue weighted by atomic mass is 16.3. The molecule has 2 atom stereocenters. The highest BCUT2D eigenvalue weighted by Gasteiger charge is 2.35. The van der Waals surface area contributed by atoms with Crippen LogP contribution in [0.4, 0.5) is 0 Å². The minimum Gasteiger partial charge on any atom is -0.390 e. The smallest absolute Gasteiger partial charge is 0.255 e. The molecule has 1 fully saturated rings. The summed E-state index contributed by atoms with van der Waals surface area (Å²) < 4.78 is 1.70. The van der Waals surface area contributed by atoms with Crippen LogP contribution < -0.4 is 5.32 Å². The highest BCUT2D eigenvalue weighted by molar-refractivity contribution is 5.95. The molecule has 0 saturated heterocycles. The summed E-state index contributed by atoms with van der Waals surface area (Å²) in [6, 6.07) is 7.54. The van der Waals surface area contributed by atoms with E-state index in [2.05, 4.69) is 10.4 Å². The van der Waals surface area contributed by atoms with Gasteiger partial charge in [-0.1, -0.05) is 24.3 Å². The third-order valence-corrected chi connectivity index (χ3v) is 4.56. The number of aromatic nitrogens is 2. The van der Waals surface area contributed by atoms with Gasteiger partial charge in [-0.15, -0.1) is 0 Å². The lowest BCUT2D eigenvalue weighted by molar-refractivity contribution is 0.0857. The van der Waals surface area contributed by atoms with Gasteiger partial charge in [-0.2, -0.15) is 5.10 Å². The van der Waals surface area contributed by atoms with Crippen LogP contribution in [-0.2, 0) is 13.5 Å². The lowest BCUT2D eigenvalue weighted by atomic mass is 10.1. The van der Waals surface area contributed by atoms with E-state index in [4.69, 9.17) is 0 Å². The summed E-state index contributed by atoms with van der Waals surface area (Å²) in [6.07, 6.45) is 4.00. The van der Waals surface area contributed by atoms with E-state index in [0.29, 0.717) is 17.9 Å². The van der Waals surface area contributed by atoms with Crippen LogP contribution in [0.25, 0.3) is 0 Å². The average Bonchev–Trinajstić information content (AvgIpc) is 3.20. The van der Waals surface area contributed by atoms with Gasteiger partial charge in [-0.25, -0.2) is 0 Å². The molecule has 4 rings (SSSR count). The number of nitrogens with one attached hydrogen (secondary N) is 1. The number of benzene rings is 1. The molecular formula is C17H19N3O2. The zero-order valence-electron chi connectivity index (χ0n) is 12.5. The molecule has 0 aliphatic heterocycles. The number of aryl methyl sites for hydroxylation is 1. The fourth-order valence-corrected chi connectivity index (χ4v) is 3.31. The molecule has 2 aliphatic carbocycles. The molecule has 0 spiro atoms.